The number of aromatic hydroxyl groups is 1. The third kappa shape index (κ3) is 3.96. The van der Waals surface area contributed by atoms with Gasteiger partial charge in [0.05, 0.1) is 0 Å². The molecule has 0 aliphatic heterocycles. The number of phenols is 1. The van der Waals surface area contributed by atoms with Crippen molar-refractivity contribution < 1.29 is 14.2 Å². The Morgan fingerprint density at radius 1 is 1.05 bits per heavy atom. The van der Waals surface area contributed by atoms with Crippen molar-refractivity contribution in [3.05, 3.63) is 59.4 Å². The summed E-state index contributed by atoms with van der Waals surface area (Å²) >= 11 is 0. The van der Waals surface area contributed by atoms with Crippen LogP contribution in [-0.4, -0.2) is 11.7 Å². The normalized spacial score (nSPS) is 10.4. The summed E-state index contributed by atoms with van der Waals surface area (Å²) in [6, 6.07) is 11.3. The molecule has 2 aromatic carbocycles. The molecule has 3 N–H and O–H groups in total. The van der Waals surface area contributed by atoms with Crippen molar-refractivity contribution in [2.45, 2.75) is 13.0 Å². The molecule has 0 aromatic heterocycles. The van der Waals surface area contributed by atoms with Crippen LogP contribution in [0.3, 0.4) is 0 Å². The van der Waals surface area contributed by atoms with E-state index in [4.69, 9.17) is 10.5 Å². The van der Waals surface area contributed by atoms with Crippen molar-refractivity contribution in [1.82, 2.24) is 0 Å². The molecule has 0 spiro atoms. The first kappa shape index (κ1) is 13.4. The van der Waals surface area contributed by atoms with Gasteiger partial charge in [-0.25, -0.2) is 4.39 Å². The maximum atomic E-state index is 13.4. The lowest BCUT2D eigenvalue weighted by molar-refractivity contribution is 0.304. The van der Waals surface area contributed by atoms with E-state index < -0.39 is 0 Å². The first-order valence-corrected chi connectivity index (χ1v) is 6.07. The Bertz CT molecular complexity index is 540. The number of nitrogens with two attached hydrogens (primary N) is 1. The van der Waals surface area contributed by atoms with Crippen molar-refractivity contribution in [2.75, 3.05) is 6.54 Å². The molecule has 0 heterocycles. The van der Waals surface area contributed by atoms with E-state index >= 15 is 0 Å². The molecule has 0 saturated heterocycles. The minimum absolute atomic E-state index is 0.208. The predicted molar refractivity (Wildman–Crippen MR) is 71.6 cm³/mol. The lowest BCUT2D eigenvalue weighted by Gasteiger charge is -2.08. The van der Waals surface area contributed by atoms with Crippen LogP contribution >= 0.6 is 0 Å². The molecule has 0 fully saturated rings. The zero-order valence-corrected chi connectivity index (χ0v) is 10.5. The van der Waals surface area contributed by atoms with Gasteiger partial charge in [-0.3, -0.25) is 0 Å². The fraction of sp³-hybridized carbons (Fsp3) is 0.200. The van der Waals surface area contributed by atoms with E-state index in [9.17, 15) is 9.50 Å². The largest absolute Gasteiger partial charge is 0.508 e. The maximum absolute atomic E-state index is 13.4. The Morgan fingerprint density at radius 3 is 2.47 bits per heavy atom. The van der Waals surface area contributed by atoms with E-state index in [0.29, 0.717) is 25.3 Å². The van der Waals surface area contributed by atoms with E-state index in [1.807, 2.05) is 0 Å². The number of benzene rings is 2. The number of hydrogen-bond acceptors (Lipinski definition) is 3. The lowest BCUT2D eigenvalue weighted by atomic mass is 10.1. The smallest absolute Gasteiger partial charge is 0.127 e. The van der Waals surface area contributed by atoms with Crippen molar-refractivity contribution in [2.24, 2.45) is 5.73 Å². The van der Waals surface area contributed by atoms with E-state index in [0.717, 1.165) is 11.1 Å². The van der Waals surface area contributed by atoms with Crippen LogP contribution in [0, 0.1) is 5.82 Å². The molecule has 0 amide bonds. The van der Waals surface area contributed by atoms with E-state index in [1.54, 1.807) is 30.3 Å². The molecule has 4 heteroatoms. The number of hydrogen-bond donors (Lipinski definition) is 2. The van der Waals surface area contributed by atoms with Gasteiger partial charge in [0.2, 0.25) is 0 Å². The monoisotopic (exact) mass is 261 g/mol. The summed E-state index contributed by atoms with van der Waals surface area (Å²) in [5, 5.41) is 9.17. The highest BCUT2D eigenvalue weighted by Gasteiger charge is 2.02. The Kier molecular flexibility index (Phi) is 4.36. The molecule has 0 aliphatic rings. The number of ether oxygens (including phenoxy) is 1. The lowest BCUT2D eigenvalue weighted by Crippen LogP contribution is -2.03. The molecule has 0 unspecified atom stereocenters. The van der Waals surface area contributed by atoms with Crippen LogP contribution in [0.15, 0.2) is 42.5 Å². The van der Waals surface area contributed by atoms with Crippen LogP contribution in [0.25, 0.3) is 0 Å². The topological polar surface area (TPSA) is 55.5 Å². The molecule has 3 nitrogen and oxygen atoms in total. The molecule has 19 heavy (non-hydrogen) atoms. The van der Waals surface area contributed by atoms with Crippen LogP contribution in [0.4, 0.5) is 4.39 Å². The molecule has 2 aromatic rings. The quantitative estimate of drug-likeness (QED) is 0.869. The summed E-state index contributed by atoms with van der Waals surface area (Å²) in [6.45, 7) is 0.798. The van der Waals surface area contributed by atoms with Gasteiger partial charge in [0.1, 0.15) is 23.9 Å². The third-order valence-corrected chi connectivity index (χ3v) is 2.71. The van der Waals surface area contributed by atoms with Gasteiger partial charge in [0.25, 0.3) is 0 Å². The van der Waals surface area contributed by atoms with E-state index in [-0.39, 0.29) is 11.6 Å². The maximum Gasteiger partial charge on any atom is 0.127 e. The van der Waals surface area contributed by atoms with Crippen molar-refractivity contribution in [1.29, 1.82) is 0 Å². The average molecular weight is 261 g/mol. The predicted octanol–water partition coefficient (Wildman–Crippen LogP) is 2.61. The summed E-state index contributed by atoms with van der Waals surface area (Å²) in [6.07, 6.45) is 0.618. The molecule has 0 aliphatic carbocycles. The minimum Gasteiger partial charge on any atom is -0.508 e. The summed E-state index contributed by atoms with van der Waals surface area (Å²) in [5.74, 6) is 0.364. The van der Waals surface area contributed by atoms with Gasteiger partial charge in [0.15, 0.2) is 0 Å². The van der Waals surface area contributed by atoms with Gasteiger partial charge in [-0.15, -0.1) is 0 Å². The average Bonchev–Trinajstić information content (AvgIpc) is 2.38. The minimum atomic E-state index is -0.327. The molecule has 100 valence electrons. The Labute approximate surface area is 111 Å². The van der Waals surface area contributed by atoms with Crippen LogP contribution < -0.4 is 10.5 Å². The second kappa shape index (κ2) is 6.20. The Balaban J connectivity index is 2.04. The SMILES string of the molecule is NCCc1cc(F)cc(OCc2ccc(O)cc2)c1. The highest BCUT2D eigenvalue weighted by Crippen LogP contribution is 2.19. The highest BCUT2D eigenvalue weighted by molar-refractivity contribution is 5.31. The molecular weight excluding hydrogens is 245 g/mol. The molecule has 0 radical (unpaired) electrons. The highest BCUT2D eigenvalue weighted by atomic mass is 19.1. The molecular formula is C15H16FNO2. The fourth-order valence-corrected chi connectivity index (χ4v) is 1.77. The number of phenolic OH excluding ortho intramolecular Hbond substituents is 1. The zero-order valence-electron chi connectivity index (χ0n) is 10.5. The molecule has 0 atom stereocenters. The van der Waals surface area contributed by atoms with Crippen LogP contribution in [0.1, 0.15) is 11.1 Å². The first-order valence-electron chi connectivity index (χ1n) is 6.07. The standard InChI is InChI=1S/C15H16FNO2/c16-13-7-12(5-6-17)8-15(9-13)19-10-11-1-3-14(18)4-2-11/h1-4,7-9,18H,5-6,10,17H2. The van der Waals surface area contributed by atoms with Crippen molar-refractivity contribution in [3.8, 4) is 11.5 Å². The molecule has 0 saturated carbocycles. The Morgan fingerprint density at radius 2 is 1.79 bits per heavy atom. The van der Waals surface area contributed by atoms with Gasteiger partial charge in [-0.2, -0.15) is 0 Å². The van der Waals surface area contributed by atoms with Gasteiger partial charge >= 0.3 is 0 Å². The fourth-order valence-electron chi connectivity index (χ4n) is 1.77. The summed E-state index contributed by atoms with van der Waals surface area (Å²) < 4.78 is 18.9. The van der Waals surface area contributed by atoms with E-state index in [2.05, 4.69) is 0 Å². The van der Waals surface area contributed by atoms with Gasteiger partial charge in [0, 0.05) is 6.07 Å². The Hall–Kier alpha value is -2.07. The molecule has 2 rings (SSSR count). The molecule has 0 bridgehead atoms. The van der Waals surface area contributed by atoms with Gasteiger partial charge in [-0.1, -0.05) is 12.1 Å². The number of rotatable bonds is 5. The number of halogens is 1. The van der Waals surface area contributed by atoms with Crippen LogP contribution in [0.5, 0.6) is 11.5 Å². The van der Waals surface area contributed by atoms with Gasteiger partial charge in [-0.05, 0) is 48.4 Å². The second-order valence-corrected chi connectivity index (χ2v) is 4.29. The summed E-state index contributed by atoms with van der Waals surface area (Å²) in [7, 11) is 0. The third-order valence-electron chi connectivity index (χ3n) is 2.71. The van der Waals surface area contributed by atoms with Gasteiger partial charge < -0.3 is 15.6 Å². The van der Waals surface area contributed by atoms with Crippen molar-refractivity contribution >= 4 is 0 Å². The second-order valence-electron chi connectivity index (χ2n) is 4.29. The zero-order chi connectivity index (χ0) is 13.7. The van der Waals surface area contributed by atoms with Crippen molar-refractivity contribution in [3.63, 3.8) is 0 Å². The summed E-state index contributed by atoms with van der Waals surface area (Å²) in [5.41, 5.74) is 7.18. The van der Waals surface area contributed by atoms with Crippen LogP contribution in [-0.2, 0) is 13.0 Å². The summed E-state index contributed by atoms with van der Waals surface area (Å²) in [4.78, 5) is 0. The van der Waals surface area contributed by atoms with Crippen LogP contribution in [0.2, 0.25) is 0 Å². The van der Waals surface area contributed by atoms with E-state index in [1.165, 1.54) is 12.1 Å². The first-order chi connectivity index (χ1) is 9.17.